The number of anilines is 2. The number of unbranched alkanes of at least 4 members (excludes halogenated alkanes) is 4. The molecule has 140 valence electrons. The second kappa shape index (κ2) is 9.95. The molecule has 1 rings (SSSR count). The van der Waals surface area contributed by atoms with Crippen LogP contribution in [-0.2, 0) is 9.59 Å². The Labute approximate surface area is 143 Å². The highest BCUT2D eigenvalue weighted by molar-refractivity contribution is 6.01. The molecule has 0 radical (unpaired) electrons. The van der Waals surface area contributed by atoms with E-state index in [0.29, 0.717) is 6.42 Å². The maximum atomic E-state index is 13.2. The van der Waals surface area contributed by atoms with Gasteiger partial charge < -0.3 is 10.6 Å². The summed E-state index contributed by atoms with van der Waals surface area (Å²) in [6, 6.07) is 0.718. The van der Waals surface area contributed by atoms with Crippen molar-refractivity contribution in [3.05, 3.63) is 18.1 Å². The van der Waals surface area contributed by atoms with Crippen LogP contribution in [-0.4, -0.2) is 29.4 Å². The Hall–Kier alpha value is -2.19. The molecule has 2 amide bonds. The summed E-state index contributed by atoms with van der Waals surface area (Å²) in [7, 11) is 0. The molecule has 1 aromatic heterocycles. The molecule has 25 heavy (non-hydrogen) atoms. The van der Waals surface area contributed by atoms with Gasteiger partial charge in [0, 0.05) is 12.5 Å². The molecular formula is C16H21F4N3O2. The Morgan fingerprint density at radius 3 is 2.48 bits per heavy atom. The third-order valence-corrected chi connectivity index (χ3v) is 3.37. The van der Waals surface area contributed by atoms with Crippen molar-refractivity contribution in [2.45, 2.75) is 51.4 Å². The van der Waals surface area contributed by atoms with Crippen LogP contribution in [0.15, 0.2) is 12.3 Å². The molecule has 0 aliphatic heterocycles. The van der Waals surface area contributed by atoms with Crippen LogP contribution in [0.2, 0.25) is 0 Å². The average molecular weight is 363 g/mol. The summed E-state index contributed by atoms with van der Waals surface area (Å²) in [5, 5.41) is 4.02. The van der Waals surface area contributed by atoms with Gasteiger partial charge in [-0.15, -0.1) is 0 Å². The number of carbonyl (C=O) groups excluding carboxylic acids is 2. The Balaban J connectivity index is 2.70. The first-order valence-corrected chi connectivity index (χ1v) is 8.00. The monoisotopic (exact) mass is 363 g/mol. The van der Waals surface area contributed by atoms with Crippen LogP contribution < -0.4 is 10.6 Å². The number of carbonyl (C=O) groups is 2. The molecule has 1 aromatic rings. The Bertz CT molecular complexity index is 597. The molecule has 1 heterocycles. The summed E-state index contributed by atoms with van der Waals surface area (Å²) in [5.74, 6) is -7.83. The van der Waals surface area contributed by atoms with Crippen molar-refractivity contribution in [2.24, 2.45) is 0 Å². The molecule has 0 saturated heterocycles. The van der Waals surface area contributed by atoms with Crippen molar-refractivity contribution in [3.8, 4) is 0 Å². The first-order chi connectivity index (χ1) is 11.8. The van der Waals surface area contributed by atoms with Crippen LogP contribution in [0.1, 0.15) is 45.4 Å². The molecule has 0 fully saturated rings. The largest absolute Gasteiger partial charge is 0.352 e. The first kappa shape index (κ1) is 20.9. The quantitative estimate of drug-likeness (QED) is 0.486. The highest BCUT2D eigenvalue weighted by atomic mass is 19.3. The van der Waals surface area contributed by atoms with Crippen molar-refractivity contribution in [1.82, 2.24) is 4.98 Å². The third-order valence-electron chi connectivity index (χ3n) is 3.37. The zero-order valence-corrected chi connectivity index (χ0v) is 13.9. The third kappa shape index (κ3) is 7.06. The van der Waals surface area contributed by atoms with Crippen molar-refractivity contribution in [2.75, 3.05) is 17.3 Å². The van der Waals surface area contributed by atoms with E-state index < -0.39 is 35.9 Å². The van der Waals surface area contributed by atoms with E-state index >= 15 is 0 Å². The Morgan fingerprint density at radius 2 is 1.84 bits per heavy atom. The lowest BCUT2D eigenvalue weighted by Crippen LogP contribution is -2.36. The molecular weight excluding hydrogens is 342 g/mol. The van der Waals surface area contributed by atoms with Gasteiger partial charge in [-0.05, 0) is 6.42 Å². The summed E-state index contributed by atoms with van der Waals surface area (Å²) >= 11 is 0. The van der Waals surface area contributed by atoms with E-state index in [1.165, 1.54) is 0 Å². The van der Waals surface area contributed by atoms with Gasteiger partial charge in [0.25, 0.3) is 5.91 Å². The van der Waals surface area contributed by atoms with Crippen LogP contribution in [0.25, 0.3) is 0 Å². The van der Waals surface area contributed by atoms with E-state index in [0.717, 1.165) is 37.9 Å². The lowest BCUT2D eigenvalue weighted by molar-refractivity contribution is -0.141. The minimum absolute atomic E-state index is 0.177. The molecule has 0 spiro atoms. The van der Waals surface area contributed by atoms with Crippen molar-refractivity contribution in [1.29, 1.82) is 0 Å². The summed E-state index contributed by atoms with van der Waals surface area (Å²) < 4.78 is 51.4. The molecule has 0 atom stereocenters. The Morgan fingerprint density at radius 1 is 1.16 bits per heavy atom. The van der Waals surface area contributed by atoms with E-state index in [1.807, 2.05) is 0 Å². The van der Waals surface area contributed by atoms with Crippen LogP contribution in [0.4, 0.5) is 29.1 Å². The maximum absolute atomic E-state index is 13.2. The predicted molar refractivity (Wildman–Crippen MR) is 85.8 cm³/mol. The predicted octanol–water partition coefficient (Wildman–Crippen LogP) is 4.06. The second-order valence-electron chi connectivity index (χ2n) is 5.55. The molecule has 2 N–H and O–H groups in total. The molecule has 0 unspecified atom stereocenters. The van der Waals surface area contributed by atoms with Crippen LogP contribution in [0.5, 0.6) is 0 Å². The van der Waals surface area contributed by atoms with Gasteiger partial charge in [0.05, 0.1) is 11.9 Å². The van der Waals surface area contributed by atoms with E-state index in [4.69, 9.17) is 0 Å². The summed E-state index contributed by atoms with van der Waals surface area (Å²) in [5.41, 5.74) is -0.461. The minimum Gasteiger partial charge on any atom is -0.318 e. The lowest BCUT2D eigenvalue weighted by atomic mass is 10.1. The number of nitrogens with zero attached hydrogens (tertiary/aromatic N) is 1. The SMILES string of the molecule is CCCCCCCC(=O)Nc1ncc(F)cc1NC(=O)C(F)(F)CF. The summed E-state index contributed by atoms with van der Waals surface area (Å²) in [4.78, 5) is 26.8. The van der Waals surface area contributed by atoms with Gasteiger partial charge in [0.2, 0.25) is 5.91 Å². The van der Waals surface area contributed by atoms with Gasteiger partial charge in [-0.3, -0.25) is 9.59 Å². The molecule has 0 aromatic carbocycles. The zero-order chi connectivity index (χ0) is 18.9. The number of alkyl halides is 3. The topological polar surface area (TPSA) is 71.1 Å². The van der Waals surface area contributed by atoms with Crippen LogP contribution in [0, 0.1) is 5.82 Å². The fourth-order valence-electron chi connectivity index (χ4n) is 1.99. The minimum atomic E-state index is -4.26. The smallest absolute Gasteiger partial charge is 0.318 e. The van der Waals surface area contributed by atoms with Crippen LogP contribution >= 0.6 is 0 Å². The number of halogens is 4. The van der Waals surface area contributed by atoms with Gasteiger partial charge in [-0.25, -0.2) is 13.8 Å². The number of rotatable bonds is 10. The van der Waals surface area contributed by atoms with Crippen molar-refractivity contribution < 1.29 is 27.2 Å². The normalized spacial score (nSPS) is 11.2. The standard InChI is InChI=1S/C16H21F4N3O2/c1-2-3-4-5-6-7-13(24)23-14-12(8-11(18)9-21-14)22-15(25)16(19,20)10-17/h8-9H,2-7,10H2,1H3,(H,22,25)(H,21,23,24). The van der Waals surface area contributed by atoms with Gasteiger partial charge in [0.15, 0.2) is 12.5 Å². The molecule has 0 aliphatic rings. The van der Waals surface area contributed by atoms with Crippen molar-refractivity contribution in [3.63, 3.8) is 0 Å². The zero-order valence-electron chi connectivity index (χ0n) is 13.9. The molecule has 0 bridgehead atoms. The molecule has 5 nitrogen and oxygen atoms in total. The average Bonchev–Trinajstić information content (AvgIpc) is 2.57. The van der Waals surface area contributed by atoms with Crippen LogP contribution in [0.3, 0.4) is 0 Å². The van der Waals surface area contributed by atoms with Crippen molar-refractivity contribution >= 4 is 23.3 Å². The highest BCUT2D eigenvalue weighted by Crippen LogP contribution is 2.23. The maximum Gasteiger partial charge on any atom is 0.352 e. The van der Waals surface area contributed by atoms with Gasteiger partial charge in [-0.2, -0.15) is 8.78 Å². The lowest BCUT2D eigenvalue weighted by Gasteiger charge is -2.15. The molecule has 0 saturated carbocycles. The van der Waals surface area contributed by atoms with E-state index in [-0.39, 0.29) is 12.2 Å². The highest BCUT2D eigenvalue weighted by Gasteiger charge is 2.39. The van der Waals surface area contributed by atoms with Gasteiger partial charge >= 0.3 is 5.92 Å². The van der Waals surface area contributed by atoms with E-state index in [9.17, 15) is 27.2 Å². The first-order valence-electron chi connectivity index (χ1n) is 8.00. The summed E-state index contributed by atoms with van der Waals surface area (Å²) in [6.07, 6.45) is 5.58. The number of nitrogens with one attached hydrogen (secondary N) is 2. The summed E-state index contributed by atoms with van der Waals surface area (Å²) in [6.45, 7) is -0.129. The fraction of sp³-hybridized carbons (Fsp3) is 0.562. The molecule has 0 aliphatic carbocycles. The van der Waals surface area contributed by atoms with E-state index in [1.54, 1.807) is 5.32 Å². The van der Waals surface area contributed by atoms with Gasteiger partial charge in [0.1, 0.15) is 5.82 Å². The number of aromatic nitrogens is 1. The Kier molecular flexibility index (Phi) is 8.30. The number of pyridine rings is 1. The number of hydrogen-bond donors (Lipinski definition) is 2. The second-order valence-corrected chi connectivity index (χ2v) is 5.55. The number of amides is 2. The molecule has 9 heteroatoms. The fourth-order valence-corrected chi connectivity index (χ4v) is 1.99. The van der Waals surface area contributed by atoms with E-state index in [2.05, 4.69) is 17.2 Å². The van der Waals surface area contributed by atoms with Gasteiger partial charge in [-0.1, -0.05) is 32.6 Å². The number of hydrogen-bond acceptors (Lipinski definition) is 3.